The highest BCUT2D eigenvalue weighted by Gasteiger charge is 2.59. The molecule has 2 fully saturated rings. The molecular formula is C24H19N3O2. The summed E-state index contributed by atoms with van der Waals surface area (Å²) in [5, 5.41) is 1.01. The van der Waals surface area contributed by atoms with Gasteiger partial charge in [-0.2, -0.15) is 0 Å². The highest BCUT2D eigenvalue weighted by atomic mass is 16.2. The van der Waals surface area contributed by atoms with Crippen LogP contribution < -0.4 is 4.90 Å². The maximum absolute atomic E-state index is 13.0. The van der Waals surface area contributed by atoms with E-state index < -0.39 is 0 Å². The first-order valence-corrected chi connectivity index (χ1v) is 10.0. The van der Waals surface area contributed by atoms with E-state index in [1.165, 1.54) is 10.5 Å². The zero-order chi connectivity index (χ0) is 19.7. The van der Waals surface area contributed by atoms with E-state index in [0.29, 0.717) is 11.5 Å². The number of fused-ring (bicyclic) bond motifs is 6. The van der Waals surface area contributed by atoms with E-state index >= 15 is 0 Å². The van der Waals surface area contributed by atoms with Crippen molar-refractivity contribution in [3.63, 3.8) is 0 Å². The van der Waals surface area contributed by atoms with E-state index in [0.717, 1.165) is 22.9 Å². The molecule has 2 aromatic carbocycles. The van der Waals surface area contributed by atoms with Crippen LogP contribution in [-0.2, 0) is 9.59 Å². The summed E-state index contributed by atoms with van der Waals surface area (Å²) in [6, 6.07) is 13.5. The lowest BCUT2D eigenvalue weighted by Gasteiger charge is -2.17. The van der Waals surface area contributed by atoms with Crippen molar-refractivity contribution in [2.75, 3.05) is 4.90 Å². The summed E-state index contributed by atoms with van der Waals surface area (Å²) in [7, 11) is 0. The molecule has 1 aliphatic heterocycles. The molecule has 5 heteroatoms. The standard InChI is InChI=1S/C24H19N3O2/c1-13-2-9-19-17(10-13)12-25-22(26-19)14-5-7-18(8-6-14)27-23(28)20-15-3-4-16(11-15)21(20)24(27)29/h2-10,12,15-16,20-21H,11H2,1H3/t15-,16?,20+,21-/m1/s1. The van der Waals surface area contributed by atoms with Crippen molar-refractivity contribution in [1.82, 2.24) is 9.97 Å². The van der Waals surface area contributed by atoms with E-state index in [9.17, 15) is 9.59 Å². The maximum Gasteiger partial charge on any atom is 0.238 e. The monoisotopic (exact) mass is 381 g/mol. The van der Waals surface area contributed by atoms with Gasteiger partial charge in [0.2, 0.25) is 11.8 Å². The molecule has 2 aliphatic carbocycles. The Morgan fingerprint density at radius 1 is 0.931 bits per heavy atom. The van der Waals surface area contributed by atoms with Gasteiger partial charge in [-0.25, -0.2) is 9.97 Å². The van der Waals surface area contributed by atoms with Crippen LogP contribution in [0.5, 0.6) is 0 Å². The Morgan fingerprint density at radius 3 is 2.31 bits per heavy atom. The number of allylic oxidation sites excluding steroid dienone is 2. The smallest absolute Gasteiger partial charge is 0.238 e. The summed E-state index contributed by atoms with van der Waals surface area (Å²) >= 11 is 0. The molecule has 142 valence electrons. The predicted octanol–water partition coefficient (Wildman–Crippen LogP) is 3.92. The van der Waals surface area contributed by atoms with Gasteiger partial charge in [0, 0.05) is 17.1 Å². The summed E-state index contributed by atoms with van der Waals surface area (Å²) < 4.78 is 0. The summed E-state index contributed by atoms with van der Waals surface area (Å²) in [5.41, 5.74) is 3.56. The molecule has 2 heterocycles. The van der Waals surface area contributed by atoms with Crippen LogP contribution in [0, 0.1) is 30.6 Å². The summed E-state index contributed by atoms with van der Waals surface area (Å²) in [6.45, 7) is 2.04. The number of hydrogen-bond donors (Lipinski definition) is 0. The lowest BCUT2D eigenvalue weighted by Crippen LogP contribution is -2.32. The molecule has 4 atom stereocenters. The van der Waals surface area contributed by atoms with Crippen molar-refractivity contribution in [2.45, 2.75) is 13.3 Å². The fourth-order valence-corrected chi connectivity index (χ4v) is 5.21. The molecule has 0 spiro atoms. The number of aromatic nitrogens is 2. The van der Waals surface area contributed by atoms with E-state index in [1.54, 1.807) is 0 Å². The molecule has 1 aromatic heterocycles. The Kier molecular flexibility index (Phi) is 3.34. The fourth-order valence-electron chi connectivity index (χ4n) is 5.21. The van der Waals surface area contributed by atoms with Gasteiger partial charge in [-0.1, -0.05) is 23.8 Å². The quantitative estimate of drug-likeness (QED) is 0.499. The Bertz CT molecular complexity index is 1180. The molecule has 0 radical (unpaired) electrons. The molecule has 5 nitrogen and oxygen atoms in total. The summed E-state index contributed by atoms with van der Waals surface area (Å²) in [5.74, 6) is 0.615. The second kappa shape index (κ2) is 5.83. The van der Waals surface area contributed by atoms with Gasteiger partial charge in [-0.05, 0) is 61.6 Å². The molecule has 3 aliphatic rings. The molecule has 29 heavy (non-hydrogen) atoms. The number of hydrogen-bond acceptors (Lipinski definition) is 4. The van der Waals surface area contributed by atoms with Gasteiger partial charge in [0.05, 0.1) is 23.0 Å². The van der Waals surface area contributed by atoms with E-state index in [2.05, 4.69) is 28.2 Å². The molecule has 3 aromatic rings. The van der Waals surface area contributed by atoms with Crippen molar-refractivity contribution >= 4 is 28.4 Å². The third-order valence-electron chi connectivity index (χ3n) is 6.59. The first-order valence-electron chi connectivity index (χ1n) is 10.0. The number of anilines is 1. The average Bonchev–Trinajstić information content (AvgIpc) is 3.42. The second-order valence-corrected chi connectivity index (χ2v) is 8.31. The highest BCUT2D eigenvalue weighted by molar-refractivity contribution is 6.22. The number of amides is 2. The zero-order valence-electron chi connectivity index (χ0n) is 15.9. The van der Waals surface area contributed by atoms with Crippen molar-refractivity contribution in [2.24, 2.45) is 23.7 Å². The first-order chi connectivity index (χ1) is 14.1. The number of nitrogens with zero attached hydrogens (tertiary/aromatic N) is 3. The molecule has 6 rings (SSSR count). The molecule has 1 unspecified atom stereocenters. The van der Waals surface area contributed by atoms with Crippen molar-refractivity contribution in [3.8, 4) is 11.4 Å². The van der Waals surface area contributed by atoms with Crippen LogP contribution in [0.3, 0.4) is 0 Å². The average molecular weight is 381 g/mol. The third kappa shape index (κ3) is 2.33. The lowest BCUT2D eigenvalue weighted by atomic mass is 9.85. The van der Waals surface area contributed by atoms with Crippen LogP contribution in [0.2, 0.25) is 0 Å². The maximum atomic E-state index is 13.0. The van der Waals surface area contributed by atoms with Gasteiger partial charge in [0.1, 0.15) is 0 Å². The van der Waals surface area contributed by atoms with Crippen LogP contribution in [0.1, 0.15) is 12.0 Å². The Hall–Kier alpha value is -3.34. The first kappa shape index (κ1) is 16.6. The molecular weight excluding hydrogens is 362 g/mol. The summed E-state index contributed by atoms with van der Waals surface area (Å²) in [6.07, 6.45) is 7.00. The molecule has 0 N–H and O–H groups in total. The Morgan fingerprint density at radius 2 is 1.62 bits per heavy atom. The molecule has 1 saturated heterocycles. The second-order valence-electron chi connectivity index (χ2n) is 8.31. The number of carbonyl (C=O) groups is 2. The van der Waals surface area contributed by atoms with Crippen molar-refractivity contribution < 1.29 is 9.59 Å². The Labute approximate surface area is 168 Å². The van der Waals surface area contributed by atoms with Crippen LogP contribution in [-0.4, -0.2) is 21.8 Å². The van der Waals surface area contributed by atoms with Gasteiger partial charge >= 0.3 is 0 Å². The van der Waals surface area contributed by atoms with Crippen LogP contribution in [0.25, 0.3) is 22.3 Å². The van der Waals surface area contributed by atoms with Crippen LogP contribution in [0.15, 0.2) is 60.8 Å². The van der Waals surface area contributed by atoms with Gasteiger partial charge in [-0.3, -0.25) is 14.5 Å². The largest absolute Gasteiger partial charge is 0.274 e. The number of rotatable bonds is 2. The zero-order valence-corrected chi connectivity index (χ0v) is 15.9. The van der Waals surface area contributed by atoms with E-state index in [-0.39, 0.29) is 35.5 Å². The van der Waals surface area contributed by atoms with Gasteiger partial charge in [0.15, 0.2) is 5.82 Å². The van der Waals surface area contributed by atoms with Crippen LogP contribution in [0.4, 0.5) is 5.69 Å². The summed E-state index contributed by atoms with van der Waals surface area (Å²) in [4.78, 5) is 36.4. The normalized spacial score (nSPS) is 27.3. The minimum absolute atomic E-state index is 0.0538. The van der Waals surface area contributed by atoms with Crippen molar-refractivity contribution in [3.05, 3.63) is 66.4 Å². The Balaban J connectivity index is 1.32. The van der Waals surface area contributed by atoms with Crippen LogP contribution >= 0.6 is 0 Å². The number of carbonyl (C=O) groups excluding carboxylic acids is 2. The van der Waals surface area contributed by atoms with Crippen molar-refractivity contribution in [1.29, 1.82) is 0 Å². The number of aryl methyl sites for hydroxylation is 1. The minimum atomic E-state index is -0.176. The topological polar surface area (TPSA) is 63.2 Å². The van der Waals surface area contributed by atoms with E-state index in [4.69, 9.17) is 0 Å². The number of imide groups is 1. The van der Waals surface area contributed by atoms with E-state index in [1.807, 2.05) is 49.5 Å². The fraction of sp³-hybridized carbons (Fsp3) is 0.250. The molecule has 1 saturated carbocycles. The minimum Gasteiger partial charge on any atom is -0.274 e. The predicted molar refractivity (Wildman–Crippen MR) is 110 cm³/mol. The number of benzene rings is 2. The SMILES string of the molecule is Cc1ccc2nc(-c3ccc(N4C(=O)[C@H]5[C@@H]6C=CC(C6)[C@H]5C4=O)cc3)ncc2c1. The molecule has 2 bridgehead atoms. The van der Waals surface area contributed by atoms with Gasteiger partial charge < -0.3 is 0 Å². The lowest BCUT2D eigenvalue weighted by molar-refractivity contribution is -0.123. The van der Waals surface area contributed by atoms with Gasteiger partial charge in [0.25, 0.3) is 0 Å². The third-order valence-corrected chi connectivity index (χ3v) is 6.59. The van der Waals surface area contributed by atoms with Gasteiger partial charge in [-0.15, -0.1) is 0 Å². The highest BCUT2D eigenvalue weighted by Crippen LogP contribution is 2.53. The molecule has 2 amide bonds.